The second kappa shape index (κ2) is 6.27. The van der Waals surface area contributed by atoms with Crippen molar-refractivity contribution >= 4 is 23.4 Å². The Morgan fingerprint density at radius 1 is 1.50 bits per heavy atom. The smallest absolute Gasteiger partial charge is 0.260 e. The molecular weight excluding hydrogens is 268 g/mol. The van der Waals surface area contributed by atoms with E-state index in [2.05, 4.69) is 11.9 Å². The number of hydrogen-bond acceptors (Lipinski definition) is 4. The molecular formula is C13H15ClN2OS. The van der Waals surface area contributed by atoms with Gasteiger partial charge in [-0.2, -0.15) is 0 Å². The van der Waals surface area contributed by atoms with E-state index in [0.717, 1.165) is 17.7 Å². The molecule has 0 aliphatic rings. The Balaban J connectivity index is 2.23. The van der Waals surface area contributed by atoms with Gasteiger partial charge in [-0.3, -0.25) is 0 Å². The lowest BCUT2D eigenvalue weighted by Crippen LogP contribution is -2.21. The lowest BCUT2D eigenvalue weighted by molar-refractivity contribution is 0.454. The van der Waals surface area contributed by atoms with Crippen LogP contribution in [0.5, 0.6) is 0 Å². The first kappa shape index (κ1) is 13.5. The van der Waals surface area contributed by atoms with Gasteiger partial charge in [0.25, 0.3) is 5.22 Å². The van der Waals surface area contributed by atoms with Crippen molar-refractivity contribution in [2.24, 2.45) is 5.73 Å². The Morgan fingerprint density at radius 2 is 2.33 bits per heavy atom. The average molecular weight is 283 g/mol. The van der Waals surface area contributed by atoms with Gasteiger partial charge in [0, 0.05) is 16.0 Å². The Kier molecular flexibility index (Phi) is 4.69. The monoisotopic (exact) mass is 282 g/mol. The maximum Gasteiger partial charge on any atom is 0.260 e. The predicted molar refractivity (Wildman–Crippen MR) is 74.0 cm³/mol. The summed E-state index contributed by atoms with van der Waals surface area (Å²) in [5.74, 6) is 0. The molecule has 1 unspecified atom stereocenters. The van der Waals surface area contributed by atoms with Crippen LogP contribution >= 0.6 is 23.4 Å². The van der Waals surface area contributed by atoms with E-state index in [4.69, 9.17) is 21.8 Å². The van der Waals surface area contributed by atoms with Gasteiger partial charge >= 0.3 is 0 Å². The van der Waals surface area contributed by atoms with Gasteiger partial charge in [0.05, 0.1) is 6.20 Å². The number of aromatic nitrogens is 1. The maximum atomic E-state index is 6.03. The summed E-state index contributed by atoms with van der Waals surface area (Å²) in [7, 11) is 0. The average Bonchev–Trinajstić information content (AvgIpc) is 2.85. The molecule has 2 N–H and O–H groups in total. The Labute approximate surface area is 116 Å². The molecule has 0 spiro atoms. The molecule has 5 heteroatoms. The van der Waals surface area contributed by atoms with Crippen LogP contribution in [0.15, 0.2) is 45.2 Å². The summed E-state index contributed by atoms with van der Waals surface area (Å²) in [5.41, 5.74) is 7.18. The van der Waals surface area contributed by atoms with Gasteiger partial charge in [0.15, 0.2) is 0 Å². The molecule has 0 bridgehead atoms. The first-order chi connectivity index (χ1) is 8.69. The first-order valence-corrected chi connectivity index (χ1v) is 7.00. The molecule has 18 heavy (non-hydrogen) atoms. The molecule has 0 fully saturated rings. The van der Waals surface area contributed by atoms with Gasteiger partial charge in [0.2, 0.25) is 0 Å². The Morgan fingerprint density at radius 3 is 3.00 bits per heavy atom. The molecule has 1 heterocycles. The minimum atomic E-state index is 0.162. The van der Waals surface area contributed by atoms with E-state index in [-0.39, 0.29) is 6.04 Å². The number of oxazole rings is 1. The van der Waals surface area contributed by atoms with E-state index in [9.17, 15) is 0 Å². The lowest BCUT2D eigenvalue weighted by Gasteiger charge is -2.12. The fraction of sp³-hybridized carbons (Fsp3) is 0.308. The standard InChI is InChI=1S/C13H15ClN2OS/c1-2-11(15)7-9-3-4-10(14)8-12(9)18-13-16-5-6-17-13/h3-6,8,11H,2,7,15H2,1H3. The highest BCUT2D eigenvalue weighted by Gasteiger charge is 2.11. The van der Waals surface area contributed by atoms with Crippen molar-refractivity contribution in [3.05, 3.63) is 41.2 Å². The van der Waals surface area contributed by atoms with Gasteiger partial charge in [0.1, 0.15) is 6.26 Å². The van der Waals surface area contributed by atoms with Gasteiger partial charge in [-0.15, -0.1) is 0 Å². The Hall–Kier alpha value is -0.970. The van der Waals surface area contributed by atoms with Crippen molar-refractivity contribution in [1.82, 2.24) is 4.98 Å². The van der Waals surface area contributed by atoms with E-state index in [0.29, 0.717) is 10.2 Å². The normalized spacial score (nSPS) is 12.6. The number of benzene rings is 1. The summed E-state index contributed by atoms with van der Waals surface area (Å²) in [4.78, 5) is 5.15. The molecule has 1 aromatic heterocycles. The van der Waals surface area contributed by atoms with Gasteiger partial charge < -0.3 is 10.2 Å². The number of hydrogen-bond donors (Lipinski definition) is 1. The number of nitrogens with two attached hydrogens (primary N) is 1. The molecule has 3 nitrogen and oxygen atoms in total. The SMILES string of the molecule is CCC(N)Cc1ccc(Cl)cc1Sc1ncco1. The maximum absolute atomic E-state index is 6.03. The number of rotatable bonds is 5. The van der Waals surface area contributed by atoms with Crippen LogP contribution in [0.1, 0.15) is 18.9 Å². The van der Waals surface area contributed by atoms with Crippen LogP contribution in [0.4, 0.5) is 0 Å². The second-order valence-corrected chi connectivity index (χ2v) is 5.45. The highest BCUT2D eigenvalue weighted by Crippen LogP contribution is 2.32. The molecule has 0 aliphatic heterocycles. The van der Waals surface area contributed by atoms with E-state index < -0.39 is 0 Å². The van der Waals surface area contributed by atoms with Crippen molar-refractivity contribution in [2.75, 3.05) is 0 Å². The molecule has 1 aromatic carbocycles. The van der Waals surface area contributed by atoms with Gasteiger partial charge in [-0.25, -0.2) is 4.98 Å². The van der Waals surface area contributed by atoms with Crippen LogP contribution in [0.3, 0.4) is 0 Å². The third kappa shape index (κ3) is 3.51. The molecule has 1 atom stereocenters. The third-order valence-electron chi connectivity index (χ3n) is 2.64. The van der Waals surface area contributed by atoms with Crippen molar-refractivity contribution in [1.29, 1.82) is 0 Å². The van der Waals surface area contributed by atoms with E-state index in [1.54, 1.807) is 12.5 Å². The minimum Gasteiger partial charge on any atom is -0.440 e. The Bertz CT molecular complexity index is 502. The molecule has 2 rings (SSSR count). The second-order valence-electron chi connectivity index (χ2n) is 4.02. The van der Waals surface area contributed by atoms with Crippen LogP contribution in [0.25, 0.3) is 0 Å². The predicted octanol–water partition coefficient (Wildman–Crippen LogP) is 3.76. The first-order valence-electron chi connectivity index (χ1n) is 5.80. The summed E-state index contributed by atoms with van der Waals surface area (Å²) in [5, 5.41) is 1.32. The van der Waals surface area contributed by atoms with E-state index >= 15 is 0 Å². The van der Waals surface area contributed by atoms with Crippen molar-refractivity contribution in [2.45, 2.75) is 35.9 Å². The van der Waals surface area contributed by atoms with Crippen LogP contribution in [-0.4, -0.2) is 11.0 Å². The highest BCUT2D eigenvalue weighted by atomic mass is 35.5. The zero-order valence-corrected chi connectivity index (χ0v) is 11.7. The molecule has 96 valence electrons. The molecule has 2 aromatic rings. The fourth-order valence-electron chi connectivity index (χ4n) is 1.57. The van der Waals surface area contributed by atoms with Crippen LogP contribution in [0.2, 0.25) is 5.02 Å². The quantitative estimate of drug-likeness (QED) is 0.907. The summed E-state index contributed by atoms with van der Waals surface area (Å²) < 4.78 is 5.24. The topological polar surface area (TPSA) is 52.0 Å². The lowest BCUT2D eigenvalue weighted by atomic mass is 10.1. The largest absolute Gasteiger partial charge is 0.440 e. The van der Waals surface area contributed by atoms with Gasteiger partial charge in [-0.05, 0) is 42.3 Å². The summed E-state index contributed by atoms with van der Waals surface area (Å²) in [6, 6.07) is 5.99. The zero-order valence-electron chi connectivity index (χ0n) is 10.1. The summed E-state index contributed by atoms with van der Waals surface area (Å²) in [6.07, 6.45) is 4.97. The third-order valence-corrected chi connectivity index (χ3v) is 3.85. The summed E-state index contributed by atoms with van der Waals surface area (Å²) >= 11 is 7.50. The van der Waals surface area contributed by atoms with E-state index in [1.807, 2.05) is 18.2 Å². The van der Waals surface area contributed by atoms with E-state index in [1.165, 1.54) is 17.3 Å². The summed E-state index contributed by atoms with van der Waals surface area (Å²) in [6.45, 7) is 2.08. The number of nitrogens with zero attached hydrogens (tertiary/aromatic N) is 1. The zero-order chi connectivity index (χ0) is 13.0. The molecule has 0 saturated carbocycles. The van der Waals surface area contributed by atoms with Crippen molar-refractivity contribution in [3.63, 3.8) is 0 Å². The van der Waals surface area contributed by atoms with Crippen LogP contribution < -0.4 is 5.73 Å². The molecule has 0 radical (unpaired) electrons. The van der Waals surface area contributed by atoms with Crippen molar-refractivity contribution in [3.8, 4) is 0 Å². The minimum absolute atomic E-state index is 0.162. The number of halogens is 1. The molecule has 0 amide bonds. The molecule has 0 aliphatic carbocycles. The van der Waals surface area contributed by atoms with Gasteiger partial charge in [-0.1, -0.05) is 24.6 Å². The highest BCUT2D eigenvalue weighted by molar-refractivity contribution is 7.99. The molecule has 0 saturated heterocycles. The van der Waals surface area contributed by atoms with Crippen molar-refractivity contribution < 1.29 is 4.42 Å². The van der Waals surface area contributed by atoms with Crippen LogP contribution in [0, 0.1) is 0 Å². The fourth-order valence-corrected chi connectivity index (χ4v) is 2.68. The van der Waals surface area contributed by atoms with Crippen LogP contribution in [-0.2, 0) is 6.42 Å².